The van der Waals surface area contributed by atoms with E-state index in [0.717, 1.165) is 18.2 Å². The molecule has 7 heteroatoms. The lowest BCUT2D eigenvalue weighted by Crippen LogP contribution is -2.31. The molecule has 0 saturated heterocycles. The summed E-state index contributed by atoms with van der Waals surface area (Å²) in [6.45, 7) is 3.78. The Kier molecular flexibility index (Phi) is 4.82. The molecule has 1 aromatic rings. The van der Waals surface area contributed by atoms with E-state index >= 15 is 0 Å². The SMILES string of the molecule is CC(C)C(N)CC(=O)Nc1cc([N+](=O)[O-])ccc1O. The number of rotatable bonds is 5. The number of nitro groups is 1. The molecular weight excluding hydrogens is 250 g/mol. The Hall–Kier alpha value is -2.15. The maximum Gasteiger partial charge on any atom is 0.271 e. The number of phenolic OH excluding ortho intramolecular Hbond substituents is 1. The molecule has 4 N–H and O–H groups in total. The van der Waals surface area contributed by atoms with E-state index < -0.39 is 10.8 Å². The van der Waals surface area contributed by atoms with Gasteiger partial charge in [-0.3, -0.25) is 14.9 Å². The minimum Gasteiger partial charge on any atom is -0.506 e. The molecule has 0 aromatic heterocycles. The molecule has 1 aromatic carbocycles. The van der Waals surface area contributed by atoms with Crippen molar-refractivity contribution in [2.75, 3.05) is 5.32 Å². The van der Waals surface area contributed by atoms with Crippen LogP contribution in [0.4, 0.5) is 11.4 Å². The van der Waals surface area contributed by atoms with Crippen LogP contribution < -0.4 is 11.1 Å². The average molecular weight is 267 g/mol. The molecule has 0 saturated carbocycles. The van der Waals surface area contributed by atoms with E-state index in [0.29, 0.717) is 0 Å². The Bertz CT molecular complexity index is 488. The van der Waals surface area contributed by atoms with Gasteiger partial charge < -0.3 is 16.2 Å². The summed E-state index contributed by atoms with van der Waals surface area (Å²) in [5.74, 6) is -0.474. The van der Waals surface area contributed by atoms with Gasteiger partial charge in [0.25, 0.3) is 5.69 Å². The van der Waals surface area contributed by atoms with Crippen molar-refractivity contribution in [1.29, 1.82) is 0 Å². The van der Waals surface area contributed by atoms with E-state index in [4.69, 9.17) is 5.73 Å². The Morgan fingerprint density at radius 2 is 2.16 bits per heavy atom. The van der Waals surface area contributed by atoms with E-state index in [1.165, 1.54) is 0 Å². The highest BCUT2D eigenvalue weighted by molar-refractivity contribution is 5.93. The van der Waals surface area contributed by atoms with Crippen LogP contribution in [-0.2, 0) is 4.79 Å². The minimum absolute atomic E-state index is 0.00940. The maximum atomic E-state index is 11.7. The van der Waals surface area contributed by atoms with Gasteiger partial charge in [-0.25, -0.2) is 0 Å². The number of benzene rings is 1. The molecule has 0 heterocycles. The fourth-order valence-corrected chi connectivity index (χ4v) is 1.39. The van der Waals surface area contributed by atoms with E-state index in [-0.39, 0.29) is 35.5 Å². The Labute approximate surface area is 110 Å². The molecule has 0 fully saturated rings. The van der Waals surface area contributed by atoms with E-state index in [2.05, 4.69) is 5.32 Å². The van der Waals surface area contributed by atoms with Crippen LogP contribution in [0, 0.1) is 16.0 Å². The number of anilines is 1. The summed E-state index contributed by atoms with van der Waals surface area (Å²) >= 11 is 0. The Balaban J connectivity index is 2.79. The van der Waals surface area contributed by atoms with Gasteiger partial charge in [0.2, 0.25) is 5.91 Å². The number of nitro benzene ring substituents is 1. The van der Waals surface area contributed by atoms with Crippen LogP contribution in [0.15, 0.2) is 18.2 Å². The zero-order valence-electron chi connectivity index (χ0n) is 10.8. The van der Waals surface area contributed by atoms with Gasteiger partial charge in [-0.1, -0.05) is 13.8 Å². The first kappa shape index (κ1) is 14.9. The van der Waals surface area contributed by atoms with Crippen molar-refractivity contribution in [3.05, 3.63) is 28.3 Å². The summed E-state index contributed by atoms with van der Waals surface area (Å²) in [4.78, 5) is 21.7. The molecule has 0 aliphatic heterocycles. The van der Waals surface area contributed by atoms with Crippen molar-refractivity contribution < 1.29 is 14.8 Å². The lowest BCUT2D eigenvalue weighted by molar-refractivity contribution is -0.384. The molecule has 0 aliphatic carbocycles. The lowest BCUT2D eigenvalue weighted by Gasteiger charge is -2.15. The molecule has 7 nitrogen and oxygen atoms in total. The largest absolute Gasteiger partial charge is 0.506 e. The smallest absolute Gasteiger partial charge is 0.271 e. The van der Waals surface area contributed by atoms with Gasteiger partial charge in [-0.05, 0) is 12.0 Å². The molecule has 1 amide bonds. The van der Waals surface area contributed by atoms with Crippen LogP contribution in [0.25, 0.3) is 0 Å². The van der Waals surface area contributed by atoms with Crippen molar-refractivity contribution in [3.8, 4) is 5.75 Å². The number of aromatic hydroxyl groups is 1. The molecular formula is C12H17N3O4. The van der Waals surface area contributed by atoms with Crippen LogP contribution in [0.2, 0.25) is 0 Å². The van der Waals surface area contributed by atoms with Crippen LogP contribution in [0.1, 0.15) is 20.3 Å². The predicted molar refractivity (Wildman–Crippen MR) is 70.8 cm³/mol. The Morgan fingerprint density at radius 3 is 2.68 bits per heavy atom. The summed E-state index contributed by atoms with van der Waals surface area (Å²) in [5, 5.41) is 22.6. The van der Waals surface area contributed by atoms with Crippen LogP contribution in [0.5, 0.6) is 5.75 Å². The fourth-order valence-electron chi connectivity index (χ4n) is 1.39. The van der Waals surface area contributed by atoms with Crippen molar-refractivity contribution in [3.63, 3.8) is 0 Å². The topological polar surface area (TPSA) is 118 Å². The monoisotopic (exact) mass is 267 g/mol. The van der Waals surface area contributed by atoms with Crippen LogP contribution >= 0.6 is 0 Å². The number of carbonyl (C=O) groups excluding carboxylic acids is 1. The Morgan fingerprint density at radius 1 is 1.53 bits per heavy atom. The highest BCUT2D eigenvalue weighted by Crippen LogP contribution is 2.27. The minimum atomic E-state index is -0.602. The zero-order valence-corrected chi connectivity index (χ0v) is 10.8. The number of carbonyl (C=O) groups is 1. The molecule has 0 bridgehead atoms. The number of non-ortho nitro benzene ring substituents is 1. The number of nitrogens with two attached hydrogens (primary N) is 1. The molecule has 0 aliphatic rings. The molecule has 19 heavy (non-hydrogen) atoms. The maximum absolute atomic E-state index is 11.7. The standard InChI is InChI=1S/C12H17N3O4/c1-7(2)9(13)6-12(17)14-10-5-8(15(18)19)3-4-11(10)16/h3-5,7,9,16H,6,13H2,1-2H3,(H,14,17). The van der Waals surface area contributed by atoms with Crippen molar-refractivity contribution in [2.24, 2.45) is 11.7 Å². The van der Waals surface area contributed by atoms with Crippen molar-refractivity contribution in [2.45, 2.75) is 26.3 Å². The van der Waals surface area contributed by atoms with Crippen molar-refractivity contribution >= 4 is 17.3 Å². The summed E-state index contributed by atoms with van der Waals surface area (Å²) in [5.41, 5.74) is 5.56. The third-order valence-electron chi connectivity index (χ3n) is 2.74. The van der Waals surface area contributed by atoms with Gasteiger partial charge in [0.05, 0.1) is 10.6 Å². The van der Waals surface area contributed by atoms with E-state index in [1.54, 1.807) is 0 Å². The van der Waals surface area contributed by atoms with Gasteiger partial charge in [-0.15, -0.1) is 0 Å². The second-order valence-corrected chi connectivity index (χ2v) is 4.62. The zero-order chi connectivity index (χ0) is 14.6. The molecule has 0 radical (unpaired) electrons. The lowest BCUT2D eigenvalue weighted by atomic mass is 10.0. The second kappa shape index (κ2) is 6.14. The number of nitrogens with one attached hydrogen (secondary N) is 1. The summed E-state index contributed by atoms with van der Waals surface area (Å²) in [6.07, 6.45) is 0.0831. The van der Waals surface area contributed by atoms with Crippen LogP contribution in [-0.4, -0.2) is 22.0 Å². The third-order valence-corrected chi connectivity index (χ3v) is 2.74. The third kappa shape index (κ3) is 4.22. The van der Waals surface area contributed by atoms with Crippen LogP contribution in [0.3, 0.4) is 0 Å². The molecule has 1 unspecified atom stereocenters. The predicted octanol–water partition coefficient (Wildman–Crippen LogP) is 1.61. The first-order valence-electron chi connectivity index (χ1n) is 5.84. The number of nitrogens with zero attached hydrogens (tertiary/aromatic N) is 1. The molecule has 1 rings (SSSR count). The summed E-state index contributed by atoms with van der Waals surface area (Å²) in [6, 6.07) is 3.12. The number of phenols is 1. The van der Waals surface area contributed by atoms with Gasteiger partial charge >= 0.3 is 0 Å². The quantitative estimate of drug-likeness (QED) is 0.425. The normalized spacial score (nSPS) is 12.2. The highest BCUT2D eigenvalue weighted by Gasteiger charge is 2.16. The summed E-state index contributed by atoms with van der Waals surface area (Å²) < 4.78 is 0. The second-order valence-electron chi connectivity index (χ2n) is 4.62. The number of hydrogen-bond donors (Lipinski definition) is 3. The van der Waals surface area contributed by atoms with Gasteiger partial charge in [0.1, 0.15) is 5.75 Å². The number of amides is 1. The van der Waals surface area contributed by atoms with E-state index in [9.17, 15) is 20.0 Å². The van der Waals surface area contributed by atoms with Gasteiger partial charge in [0.15, 0.2) is 0 Å². The van der Waals surface area contributed by atoms with Gasteiger partial charge in [-0.2, -0.15) is 0 Å². The average Bonchev–Trinajstić information content (AvgIpc) is 2.31. The summed E-state index contributed by atoms with van der Waals surface area (Å²) in [7, 11) is 0. The fraction of sp³-hybridized carbons (Fsp3) is 0.417. The van der Waals surface area contributed by atoms with Gasteiger partial charge in [0, 0.05) is 24.6 Å². The molecule has 104 valence electrons. The number of hydrogen-bond acceptors (Lipinski definition) is 5. The first-order valence-corrected chi connectivity index (χ1v) is 5.84. The van der Waals surface area contributed by atoms with E-state index in [1.807, 2.05) is 13.8 Å². The first-order chi connectivity index (χ1) is 8.81. The van der Waals surface area contributed by atoms with Crippen molar-refractivity contribution in [1.82, 2.24) is 0 Å². The molecule has 1 atom stereocenters. The highest BCUT2D eigenvalue weighted by atomic mass is 16.6. The molecule has 0 spiro atoms.